The van der Waals surface area contributed by atoms with Crippen molar-refractivity contribution in [2.75, 3.05) is 19.8 Å². The van der Waals surface area contributed by atoms with E-state index in [1.807, 2.05) is 0 Å². The molecule has 0 aliphatic heterocycles. The number of sulfone groups is 1. The lowest BCUT2D eigenvalue weighted by molar-refractivity contribution is -0.137. The van der Waals surface area contributed by atoms with Crippen molar-refractivity contribution >= 4 is 33.3 Å². The molecule has 0 aliphatic rings. The summed E-state index contributed by atoms with van der Waals surface area (Å²) in [5.74, 6) is -1.75. The lowest BCUT2D eigenvalue weighted by atomic mass is 10.2. The molecule has 0 aromatic heterocycles. The molecule has 0 unspecified atom stereocenters. The van der Waals surface area contributed by atoms with Gasteiger partial charge < -0.3 is 10.0 Å². The summed E-state index contributed by atoms with van der Waals surface area (Å²) in [7, 11) is -2.25. The predicted molar refractivity (Wildman–Crippen MR) is 69.2 cm³/mol. The summed E-state index contributed by atoms with van der Waals surface area (Å²) in [4.78, 5) is 23.2. The molecule has 0 spiro atoms. The Morgan fingerprint density at radius 1 is 1.37 bits per heavy atom. The molecule has 0 aliphatic carbocycles. The third-order valence-corrected chi connectivity index (χ3v) is 3.88. The number of carboxylic acids is 1. The number of halogens is 1. The van der Waals surface area contributed by atoms with Crippen LogP contribution in [0.2, 0.25) is 5.02 Å². The Labute approximate surface area is 115 Å². The molecule has 0 saturated carbocycles. The van der Waals surface area contributed by atoms with Crippen molar-refractivity contribution in [1.29, 1.82) is 0 Å². The number of hydrogen-bond acceptors (Lipinski definition) is 4. The minimum atomic E-state index is -3.56. The highest BCUT2D eigenvalue weighted by Crippen LogP contribution is 2.23. The summed E-state index contributed by atoms with van der Waals surface area (Å²) in [5, 5.41) is 8.61. The zero-order valence-electron chi connectivity index (χ0n) is 10.3. The average molecular weight is 306 g/mol. The Morgan fingerprint density at radius 2 is 1.95 bits per heavy atom. The quantitative estimate of drug-likeness (QED) is 0.892. The SMILES string of the molecule is CN(CC(=O)O)C(=O)c1ccc(Cl)c(S(C)(=O)=O)c1. The Morgan fingerprint density at radius 3 is 2.42 bits per heavy atom. The number of aliphatic carboxylic acids is 1. The molecular formula is C11H12ClNO5S. The molecule has 0 bridgehead atoms. The van der Waals surface area contributed by atoms with E-state index in [1.54, 1.807) is 0 Å². The molecule has 0 heterocycles. The number of likely N-dealkylation sites (N-methyl/N-ethyl adjacent to an activating group) is 1. The van der Waals surface area contributed by atoms with Crippen molar-refractivity contribution in [1.82, 2.24) is 4.90 Å². The highest BCUT2D eigenvalue weighted by molar-refractivity contribution is 7.90. The van der Waals surface area contributed by atoms with Crippen LogP contribution in [0.25, 0.3) is 0 Å². The summed E-state index contributed by atoms with van der Waals surface area (Å²) in [6, 6.07) is 3.77. The summed E-state index contributed by atoms with van der Waals surface area (Å²) < 4.78 is 22.9. The smallest absolute Gasteiger partial charge is 0.323 e. The van der Waals surface area contributed by atoms with Gasteiger partial charge >= 0.3 is 5.97 Å². The molecule has 0 atom stereocenters. The molecule has 1 N–H and O–H groups in total. The first kappa shape index (κ1) is 15.5. The van der Waals surface area contributed by atoms with Gasteiger partial charge in [0, 0.05) is 18.9 Å². The largest absolute Gasteiger partial charge is 0.480 e. The van der Waals surface area contributed by atoms with Crippen molar-refractivity contribution in [3.63, 3.8) is 0 Å². The number of benzene rings is 1. The van der Waals surface area contributed by atoms with E-state index >= 15 is 0 Å². The Hall–Kier alpha value is -1.60. The van der Waals surface area contributed by atoms with Gasteiger partial charge in [-0.15, -0.1) is 0 Å². The first-order valence-electron chi connectivity index (χ1n) is 5.10. The summed E-state index contributed by atoms with van der Waals surface area (Å²) in [5.41, 5.74) is 0.0635. The van der Waals surface area contributed by atoms with Crippen LogP contribution in [0.15, 0.2) is 23.1 Å². The number of carbonyl (C=O) groups excluding carboxylic acids is 1. The highest BCUT2D eigenvalue weighted by atomic mass is 35.5. The number of amides is 1. The predicted octanol–water partition coefficient (Wildman–Crippen LogP) is 0.900. The standard InChI is InChI=1S/C11H12ClNO5S/c1-13(6-10(14)15)11(16)7-3-4-8(12)9(5-7)19(2,17)18/h3-5H,6H2,1-2H3,(H,14,15). The highest BCUT2D eigenvalue weighted by Gasteiger charge is 2.19. The van der Waals surface area contributed by atoms with Gasteiger partial charge in [-0.05, 0) is 18.2 Å². The van der Waals surface area contributed by atoms with E-state index in [1.165, 1.54) is 19.2 Å². The fourth-order valence-electron chi connectivity index (χ4n) is 1.42. The van der Waals surface area contributed by atoms with Gasteiger partial charge in [0.05, 0.1) is 9.92 Å². The van der Waals surface area contributed by atoms with Crippen molar-refractivity contribution < 1.29 is 23.1 Å². The van der Waals surface area contributed by atoms with Crippen molar-refractivity contribution in [3.8, 4) is 0 Å². The Bertz CT molecular complexity index is 626. The van der Waals surface area contributed by atoms with E-state index in [9.17, 15) is 18.0 Å². The summed E-state index contributed by atoms with van der Waals surface area (Å²) >= 11 is 5.75. The van der Waals surface area contributed by atoms with Crippen molar-refractivity contribution in [2.24, 2.45) is 0 Å². The van der Waals surface area contributed by atoms with Gasteiger partial charge in [-0.2, -0.15) is 0 Å². The van der Waals surface area contributed by atoms with Gasteiger partial charge in [0.25, 0.3) is 5.91 Å². The number of hydrogen-bond donors (Lipinski definition) is 1. The van der Waals surface area contributed by atoms with Crippen LogP contribution < -0.4 is 0 Å². The van der Waals surface area contributed by atoms with Crippen LogP contribution >= 0.6 is 11.6 Å². The van der Waals surface area contributed by atoms with Crippen LogP contribution in [0.4, 0.5) is 0 Å². The lowest BCUT2D eigenvalue weighted by Crippen LogP contribution is -2.32. The maximum atomic E-state index is 11.9. The van der Waals surface area contributed by atoms with Crippen LogP contribution in [0.5, 0.6) is 0 Å². The van der Waals surface area contributed by atoms with E-state index in [4.69, 9.17) is 16.7 Å². The molecule has 1 rings (SSSR count). The summed E-state index contributed by atoms with van der Waals surface area (Å²) in [6.07, 6.45) is 0.976. The molecule has 0 fully saturated rings. The van der Waals surface area contributed by atoms with Gasteiger partial charge in [-0.25, -0.2) is 8.42 Å². The molecule has 6 nitrogen and oxygen atoms in total. The first-order chi connectivity index (χ1) is 8.62. The van der Waals surface area contributed by atoms with Crippen LogP contribution in [0.1, 0.15) is 10.4 Å². The third kappa shape index (κ3) is 3.93. The molecule has 19 heavy (non-hydrogen) atoms. The first-order valence-corrected chi connectivity index (χ1v) is 7.36. The second kappa shape index (κ2) is 5.58. The van der Waals surface area contributed by atoms with E-state index in [0.717, 1.165) is 17.2 Å². The van der Waals surface area contributed by atoms with Gasteiger partial charge in [-0.3, -0.25) is 9.59 Å². The fourth-order valence-corrected chi connectivity index (χ4v) is 2.72. The number of nitrogens with zero attached hydrogens (tertiary/aromatic N) is 1. The van der Waals surface area contributed by atoms with Crippen LogP contribution in [-0.2, 0) is 14.6 Å². The molecule has 1 aromatic rings. The minimum absolute atomic E-state index is 0.0138. The Kier molecular flexibility index (Phi) is 4.54. The number of carbonyl (C=O) groups is 2. The van der Waals surface area contributed by atoms with E-state index in [2.05, 4.69) is 0 Å². The van der Waals surface area contributed by atoms with E-state index < -0.39 is 28.3 Å². The van der Waals surface area contributed by atoms with Crippen LogP contribution in [-0.4, -0.2) is 50.1 Å². The molecule has 8 heteroatoms. The van der Waals surface area contributed by atoms with E-state index in [-0.39, 0.29) is 15.5 Å². The topological polar surface area (TPSA) is 91.8 Å². The summed E-state index contributed by atoms with van der Waals surface area (Å²) in [6.45, 7) is -0.477. The minimum Gasteiger partial charge on any atom is -0.480 e. The van der Waals surface area contributed by atoms with Gasteiger partial charge in [-0.1, -0.05) is 11.6 Å². The molecule has 0 radical (unpaired) electrons. The van der Waals surface area contributed by atoms with Crippen molar-refractivity contribution in [3.05, 3.63) is 28.8 Å². The molecular weight excluding hydrogens is 294 g/mol. The number of rotatable bonds is 4. The third-order valence-electron chi connectivity index (χ3n) is 2.30. The maximum Gasteiger partial charge on any atom is 0.323 e. The molecule has 1 amide bonds. The molecule has 1 aromatic carbocycles. The zero-order chi connectivity index (χ0) is 14.8. The van der Waals surface area contributed by atoms with E-state index in [0.29, 0.717) is 0 Å². The molecule has 104 valence electrons. The normalized spacial score (nSPS) is 11.1. The fraction of sp³-hybridized carbons (Fsp3) is 0.273. The van der Waals surface area contributed by atoms with Gasteiger partial charge in [0.2, 0.25) is 0 Å². The monoisotopic (exact) mass is 305 g/mol. The second-order valence-electron chi connectivity index (χ2n) is 3.97. The molecule has 0 saturated heterocycles. The van der Waals surface area contributed by atoms with Gasteiger partial charge in [0.1, 0.15) is 6.54 Å². The Balaban J connectivity index is 3.16. The van der Waals surface area contributed by atoms with Crippen LogP contribution in [0.3, 0.4) is 0 Å². The maximum absolute atomic E-state index is 11.9. The van der Waals surface area contributed by atoms with Crippen LogP contribution in [0, 0.1) is 0 Å². The lowest BCUT2D eigenvalue weighted by Gasteiger charge is -2.15. The number of carboxylic acid groups (broad SMARTS) is 1. The average Bonchev–Trinajstić information content (AvgIpc) is 2.26. The second-order valence-corrected chi connectivity index (χ2v) is 6.36. The van der Waals surface area contributed by atoms with Gasteiger partial charge in [0.15, 0.2) is 9.84 Å². The van der Waals surface area contributed by atoms with Crippen molar-refractivity contribution in [2.45, 2.75) is 4.90 Å². The zero-order valence-corrected chi connectivity index (χ0v) is 11.8.